The fourth-order valence-electron chi connectivity index (χ4n) is 1.41. The van der Waals surface area contributed by atoms with Crippen LogP contribution in [0.5, 0.6) is 0 Å². The summed E-state index contributed by atoms with van der Waals surface area (Å²) in [5.74, 6) is -0.159. The Morgan fingerprint density at radius 2 is 1.82 bits per heavy atom. The molecule has 0 amide bonds. The van der Waals surface area contributed by atoms with E-state index in [2.05, 4.69) is 38.3 Å². The zero-order valence-corrected chi connectivity index (χ0v) is 14.2. The summed E-state index contributed by atoms with van der Waals surface area (Å²) in [5.41, 5.74) is 0.414. The number of hydrogen-bond donors (Lipinski definition) is 0. The second kappa shape index (κ2) is 15.5. The molecule has 0 spiro atoms. The summed E-state index contributed by atoms with van der Waals surface area (Å²) in [5, 5.41) is 0. The number of esters is 2. The molecule has 0 rings (SSSR count). The highest BCUT2D eigenvalue weighted by atomic mass is 16.5. The molecule has 0 aliphatic heterocycles. The molecule has 22 heavy (non-hydrogen) atoms. The lowest BCUT2D eigenvalue weighted by atomic mass is 10.0. The van der Waals surface area contributed by atoms with E-state index in [1.165, 1.54) is 25.0 Å². The van der Waals surface area contributed by atoms with Crippen molar-refractivity contribution in [3.8, 4) is 0 Å². The molecule has 0 aromatic rings. The van der Waals surface area contributed by atoms with Crippen molar-refractivity contribution in [2.75, 3.05) is 13.2 Å². The Balaban J connectivity index is 0. The maximum atomic E-state index is 10.8. The van der Waals surface area contributed by atoms with Crippen molar-refractivity contribution in [1.82, 2.24) is 0 Å². The van der Waals surface area contributed by atoms with E-state index in [9.17, 15) is 9.59 Å². The topological polar surface area (TPSA) is 52.6 Å². The number of hydrogen-bond acceptors (Lipinski definition) is 4. The molecule has 126 valence electrons. The fourth-order valence-corrected chi connectivity index (χ4v) is 1.41. The molecular formula is C18H30O4. The minimum atomic E-state index is -0.366. The number of ether oxygens (including phenoxy) is 2. The molecule has 4 nitrogen and oxygen atoms in total. The lowest BCUT2D eigenvalue weighted by Gasteiger charge is -2.13. The molecule has 0 aromatic heterocycles. The standard InChI is InChI=1S/C11H20O2.C7H10O2/c1-4-7-8-10(5-2)9-13-11(12)6-3;1-4-5-9-7(8)6(2)3/h6,10H,3-5,7-9H2,1-2H3;4H,1-2,5H2,3H3. The molecule has 0 heterocycles. The lowest BCUT2D eigenvalue weighted by Crippen LogP contribution is -2.12. The average molecular weight is 310 g/mol. The molecule has 0 bridgehead atoms. The van der Waals surface area contributed by atoms with Crippen molar-refractivity contribution < 1.29 is 19.1 Å². The summed E-state index contributed by atoms with van der Waals surface area (Å²) >= 11 is 0. The number of rotatable bonds is 10. The second-order valence-corrected chi connectivity index (χ2v) is 4.92. The largest absolute Gasteiger partial charge is 0.462 e. The third-order valence-electron chi connectivity index (χ3n) is 2.85. The highest BCUT2D eigenvalue weighted by Crippen LogP contribution is 2.12. The Hall–Kier alpha value is -1.84. The van der Waals surface area contributed by atoms with Gasteiger partial charge in [-0.1, -0.05) is 58.9 Å². The zero-order valence-electron chi connectivity index (χ0n) is 14.2. The Bertz CT molecular complexity index is 358. The van der Waals surface area contributed by atoms with Crippen LogP contribution in [0.1, 0.15) is 46.5 Å². The van der Waals surface area contributed by atoms with Crippen LogP contribution in [0, 0.1) is 5.92 Å². The summed E-state index contributed by atoms with van der Waals surface area (Å²) in [4.78, 5) is 21.3. The normalized spacial score (nSPS) is 10.5. The highest BCUT2D eigenvalue weighted by Gasteiger charge is 2.07. The van der Waals surface area contributed by atoms with Crippen molar-refractivity contribution in [1.29, 1.82) is 0 Å². The second-order valence-electron chi connectivity index (χ2n) is 4.92. The van der Waals surface area contributed by atoms with Crippen LogP contribution in [0.15, 0.2) is 37.5 Å². The monoisotopic (exact) mass is 310 g/mol. The first kappa shape index (κ1) is 22.4. The molecule has 0 aliphatic rings. The average Bonchev–Trinajstić information content (AvgIpc) is 2.52. The van der Waals surface area contributed by atoms with E-state index in [1.54, 1.807) is 6.92 Å². The summed E-state index contributed by atoms with van der Waals surface area (Å²) < 4.78 is 9.58. The molecule has 1 atom stereocenters. The summed E-state index contributed by atoms with van der Waals surface area (Å²) in [7, 11) is 0. The SMILES string of the molecule is C=CC(=O)OCC(CC)CCCC.C=CCOC(=O)C(=C)C. The number of carbonyl (C=O) groups is 2. The zero-order chi connectivity index (χ0) is 17.4. The van der Waals surface area contributed by atoms with Gasteiger partial charge in [-0.15, -0.1) is 0 Å². The van der Waals surface area contributed by atoms with Crippen LogP contribution < -0.4 is 0 Å². The molecule has 0 aliphatic carbocycles. The molecule has 1 unspecified atom stereocenters. The summed E-state index contributed by atoms with van der Waals surface area (Å²) in [6.45, 7) is 16.8. The molecule has 0 aromatic carbocycles. The predicted molar refractivity (Wildman–Crippen MR) is 90.4 cm³/mol. The smallest absolute Gasteiger partial charge is 0.333 e. The van der Waals surface area contributed by atoms with Gasteiger partial charge in [0, 0.05) is 11.6 Å². The van der Waals surface area contributed by atoms with Crippen molar-refractivity contribution >= 4 is 11.9 Å². The van der Waals surface area contributed by atoms with Gasteiger partial charge >= 0.3 is 11.9 Å². The molecule has 0 saturated carbocycles. The summed E-state index contributed by atoms with van der Waals surface area (Å²) in [6.07, 6.45) is 7.37. The van der Waals surface area contributed by atoms with Crippen molar-refractivity contribution in [3.63, 3.8) is 0 Å². The Labute approximate surface area is 134 Å². The van der Waals surface area contributed by atoms with E-state index in [0.717, 1.165) is 12.8 Å². The molecule has 0 fully saturated rings. The minimum absolute atomic E-state index is 0.256. The Morgan fingerprint density at radius 1 is 1.18 bits per heavy atom. The highest BCUT2D eigenvalue weighted by molar-refractivity contribution is 5.86. The Morgan fingerprint density at radius 3 is 2.23 bits per heavy atom. The molecule has 0 N–H and O–H groups in total. The summed E-state index contributed by atoms with van der Waals surface area (Å²) in [6, 6.07) is 0. The van der Waals surface area contributed by atoms with Crippen molar-refractivity contribution in [3.05, 3.63) is 37.5 Å². The van der Waals surface area contributed by atoms with Crippen LogP contribution in [0.3, 0.4) is 0 Å². The van der Waals surface area contributed by atoms with Crippen LogP contribution in [-0.4, -0.2) is 25.2 Å². The van der Waals surface area contributed by atoms with Crippen LogP contribution in [-0.2, 0) is 19.1 Å². The molecule has 0 radical (unpaired) electrons. The van der Waals surface area contributed by atoms with Crippen LogP contribution >= 0.6 is 0 Å². The minimum Gasteiger partial charge on any atom is -0.462 e. The third-order valence-corrected chi connectivity index (χ3v) is 2.85. The quantitative estimate of drug-likeness (QED) is 0.344. The van der Waals surface area contributed by atoms with E-state index in [0.29, 0.717) is 18.1 Å². The van der Waals surface area contributed by atoms with Gasteiger partial charge in [-0.2, -0.15) is 0 Å². The lowest BCUT2D eigenvalue weighted by molar-refractivity contribution is -0.139. The van der Waals surface area contributed by atoms with E-state index in [4.69, 9.17) is 4.74 Å². The fraction of sp³-hybridized carbons (Fsp3) is 0.556. The van der Waals surface area contributed by atoms with E-state index in [-0.39, 0.29) is 18.5 Å². The van der Waals surface area contributed by atoms with Gasteiger partial charge in [0.2, 0.25) is 0 Å². The van der Waals surface area contributed by atoms with E-state index in [1.807, 2.05) is 0 Å². The van der Waals surface area contributed by atoms with Gasteiger partial charge in [0.25, 0.3) is 0 Å². The molecule has 0 saturated heterocycles. The maximum Gasteiger partial charge on any atom is 0.333 e. The van der Waals surface area contributed by atoms with Crippen LogP contribution in [0.25, 0.3) is 0 Å². The van der Waals surface area contributed by atoms with Gasteiger partial charge in [-0.05, 0) is 19.3 Å². The van der Waals surface area contributed by atoms with Crippen molar-refractivity contribution in [2.24, 2.45) is 5.92 Å². The number of unbranched alkanes of at least 4 members (excludes halogenated alkanes) is 1. The predicted octanol–water partition coefficient (Wildman–Crippen LogP) is 4.22. The van der Waals surface area contributed by atoms with E-state index >= 15 is 0 Å². The van der Waals surface area contributed by atoms with Gasteiger partial charge in [0.15, 0.2) is 0 Å². The van der Waals surface area contributed by atoms with Gasteiger partial charge in [0.1, 0.15) is 6.61 Å². The van der Waals surface area contributed by atoms with Gasteiger partial charge in [-0.25, -0.2) is 9.59 Å². The first-order valence-corrected chi connectivity index (χ1v) is 7.65. The van der Waals surface area contributed by atoms with Crippen LogP contribution in [0.2, 0.25) is 0 Å². The van der Waals surface area contributed by atoms with Gasteiger partial charge < -0.3 is 9.47 Å². The Kier molecular flexibility index (Phi) is 15.9. The van der Waals surface area contributed by atoms with Crippen LogP contribution in [0.4, 0.5) is 0 Å². The molecular weight excluding hydrogens is 280 g/mol. The number of carbonyl (C=O) groups excluding carboxylic acids is 2. The van der Waals surface area contributed by atoms with Crippen molar-refractivity contribution in [2.45, 2.75) is 46.5 Å². The third kappa shape index (κ3) is 14.6. The molecule has 4 heteroatoms. The van der Waals surface area contributed by atoms with E-state index < -0.39 is 0 Å². The van der Waals surface area contributed by atoms with Gasteiger partial charge in [-0.3, -0.25) is 0 Å². The first-order valence-electron chi connectivity index (χ1n) is 7.65. The first-order chi connectivity index (χ1) is 10.4. The maximum absolute atomic E-state index is 10.8. The van der Waals surface area contributed by atoms with Gasteiger partial charge in [0.05, 0.1) is 6.61 Å².